The Morgan fingerprint density at radius 2 is 0.987 bits per heavy atom. The minimum Gasteiger partial charge on any atom is -0.481 e. The van der Waals surface area contributed by atoms with Crippen molar-refractivity contribution in [3.8, 4) is 0 Å². The lowest BCUT2D eigenvalue weighted by Gasteiger charge is -2.35. The first-order chi connectivity index (χ1) is 36.4. The highest BCUT2D eigenvalue weighted by Crippen LogP contribution is 2.27. The first kappa shape index (κ1) is 64.6. The first-order valence-electron chi connectivity index (χ1n) is 27.2. The molecule has 11 atom stereocenters. The summed E-state index contributed by atoms with van der Waals surface area (Å²) in [5.74, 6) is -9.98. The van der Waals surface area contributed by atoms with Crippen LogP contribution in [0.25, 0.3) is 0 Å². The van der Waals surface area contributed by atoms with Gasteiger partial charge in [0.05, 0.1) is 0 Å². The maximum Gasteiger partial charge on any atom is 0.303 e. The van der Waals surface area contributed by atoms with Gasteiger partial charge in [-0.2, -0.15) is 0 Å². The van der Waals surface area contributed by atoms with Gasteiger partial charge in [-0.3, -0.25) is 57.7 Å². The van der Waals surface area contributed by atoms with Gasteiger partial charge in [-0.1, -0.05) is 34.1 Å². The van der Waals surface area contributed by atoms with Crippen LogP contribution in [-0.4, -0.2) is 179 Å². The third-order valence-electron chi connectivity index (χ3n) is 14.2. The molecule has 3 heterocycles. The number of carbonyl (C=O) groups excluding carboxylic acids is 10. The lowest BCUT2D eigenvalue weighted by Crippen LogP contribution is -2.61. The highest BCUT2D eigenvalue weighted by Gasteiger charge is 2.45. The number of amides is 10. The van der Waals surface area contributed by atoms with Gasteiger partial charge >= 0.3 is 5.97 Å². The fourth-order valence-corrected chi connectivity index (χ4v) is 9.40. The number of carboxylic acid groups (broad SMARTS) is 1. The molecule has 27 nitrogen and oxygen atoms in total. The van der Waals surface area contributed by atoms with E-state index < -0.39 is 150 Å². The number of carbonyl (C=O) groups is 11. The van der Waals surface area contributed by atoms with Crippen LogP contribution < -0.4 is 65.5 Å². The van der Waals surface area contributed by atoms with Gasteiger partial charge in [0.1, 0.15) is 60.4 Å². The molecule has 0 aromatic rings. The number of aliphatic carboxylic acids is 1. The number of nitrogens with one attached hydrogen (secondary N) is 8. The number of rotatable bonds is 18. The SMILES string of the molecule is CC[C@H](C)[C@@H]1NC(=O)[C@H](C)NC(=O)[C@H](CCCCN)NC(=O)[C@H](CCCCN)NC(=O)[C@H](CCCN=C(N)N)NC(=O)[C@H](C(C)C)NC(=O)[C@H](C)NC(=O)[C@H](CCC(=O)O)NC(=O)[C@@H]2CCCN2C(=O)[C@H]2CCCN2C1=O. The molecule has 0 bridgehead atoms. The average molecular weight is 1090 g/mol. The van der Waals surface area contributed by atoms with Crippen LogP contribution in [0.1, 0.15) is 138 Å². The third kappa shape index (κ3) is 20.0. The molecule has 0 aliphatic carbocycles. The molecule has 0 unspecified atom stereocenters. The van der Waals surface area contributed by atoms with Gasteiger partial charge in [0.25, 0.3) is 0 Å². The lowest BCUT2D eigenvalue weighted by molar-refractivity contribution is -0.149. The molecule has 3 aliphatic rings. The first-order valence-corrected chi connectivity index (χ1v) is 27.2. The number of nitrogens with two attached hydrogens (primary N) is 4. The van der Waals surface area contributed by atoms with Crippen LogP contribution >= 0.6 is 0 Å². The van der Waals surface area contributed by atoms with Gasteiger partial charge in [-0.15, -0.1) is 0 Å². The third-order valence-corrected chi connectivity index (χ3v) is 14.2. The Labute approximate surface area is 450 Å². The van der Waals surface area contributed by atoms with Crippen molar-refractivity contribution < 1.29 is 57.8 Å². The van der Waals surface area contributed by atoms with E-state index in [2.05, 4.69) is 47.5 Å². The Morgan fingerprint density at radius 1 is 0.558 bits per heavy atom. The van der Waals surface area contributed by atoms with Gasteiger partial charge in [-0.25, -0.2) is 0 Å². The van der Waals surface area contributed by atoms with E-state index >= 15 is 0 Å². The molecule has 0 radical (unpaired) electrons. The second kappa shape index (κ2) is 32.2. The van der Waals surface area contributed by atoms with E-state index in [9.17, 15) is 57.8 Å². The zero-order chi connectivity index (χ0) is 57.5. The van der Waals surface area contributed by atoms with Gasteiger partial charge in [0.2, 0.25) is 59.1 Å². The maximum absolute atomic E-state index is 14.5. The van der Waals surface area contributed by atoms with Gasteiger partial charge in [-0.05, 0) is 122 Å². The highest BCUT2D eigenvalue weighted by atomic mass is 16.4. The van der Waals surface area contributed by atoms with Crippen molar-refractivity contribution in [1.29, 1.82) is 0 Å². The molecule has 0 aromatic heterocycles. The molecular weight excluding hydrogens is 1000 g/mol. The van der Waals surface area contributed by atoms with Crippen molar-refractivity contribution in [2.45, 2.75) is 198 Å². The highest BCUT2D eigenvalue weighted by molar-refractivity contribution is 6.00. The number of hydrogen-bond donors (Lipinski definition) is 13. The molecule has 77 heavy (non-hydrogen) atoms. The second-order valence-electron chi connectivity index (χ2n) is 20.6. The predicted molar refractivity (Wildman–Crippen MR) is 283 cm³/mol. The zero-order valence-corrected chi connectivity index (χ0v) is 45.7. The van der Waals surface area contributed by atoms with Crippen molar-refractivity contribution in [2.24, 2.45) is 39.8 Å². The van der Waals surface area contributed by atoms with Crippen LogP contribution in [-0.2, 0) is 52.7 Å². The molecule has 3 fully saturated rings. The van der Waals surface area contributed by atoms with Gasteiger partial charge in [0, 0.05) is 26.1 Å². The van der Waals surface area contributed by atoms with Gasteiger partial charge in [0.15, 0.2) is 5.96 Å². The Hall–Kier alpha value is -6.64. The van der Waals surface area contributed by atoms with E-state index in [1.165, 1.54) is 23.6 Å². The molecule has 17 N–H and O–H groups in total. The van der Waals surface area contributed by atoms with Crippen LogP contribution in [0.2, 0.25) is 0 Å². The van der Waals surface area contributed by atoms with Crippen LogP contribution in [0.4, 0.5) is 0 Å². The largest absolute Gasteiger partial charge is 0.481 e. The Morgan fingerprint density at radius 3 is 1.45 bits per heavy atom. The van der Waals surface area contributed by atoms with Crippen molar-refractivity contribution >= 4 is 71.0 Å². The van der Waals surface area contributed by atoms with Crippen molar-refractivity contribution in [3.63, 3.8) is 0 Å². The minimum absolute atomic E-state index is 0.0540. The summed E-state index contributed by atoms with van der Waals surface area (Å²) in [6.07, 6.45) is 2.69. The number of nitrogens with zero attached hydrogens (tertiary/aromatic N) is 3. The van der Waals surface area contributed by atoms with E-state index in [1.54, 1.807) is 20.8 Å². The number of aliphatic imine (C=N–C) groups is 1. The number of hydrogen-bond acceptors (Lipinski definition) is 14. The Kier molecular flexibility index (Phi) is 27.0. The normalized spacial score (nSPS) is 27.6. The molecule has 434 valence electrons. The summed E-state index contributed by atoms with van der Waals surface area (Å²) < 4.78 is 0. The topological polar surface area (TPSA) is 427 Å². The lowest BCUT2D eigenvalue weighted by atomic mass is 9.96. The number of fused-ring (bicyclic) bond motifs is 2. The number of guanidine groups is 1. The summed E-state index contributed by atoms with van der Waals surface area (Å²) >= 11 is 0. The zero-order valence-electron chi connectivity index (χ0n) is 45.7. The van der Waals surface area contributed by atoms with Crippen LogP contribution in [0.15, 0.2) is 4.99 Å². The smallest absolute Gasteiger partial charge is 0.303 e. The number of carboxylic acids is 1. The fraction of sp³-hybridized carbons (Fsp3) is 0.760. The molecule has 0 saturated carbocycles. The summed E-state index contributed by atoms with van der Waals surface area (Å²) in [4.78, 5) is 160. The Balaban J connectivity index is 2.14. The standard InChI is InChI=1S/C50H87N15O12/c1-7-28(4)39-49(77)65-26-14-19-36(65)48(76)64-25-13-18-35(64)46(74)60-34(20-21-37(66)67)43(71)57-29(5)40(68)62-38(27(2)3)47(75)61-33(17-12-24-55-50(53)54)45(73)59-32(16-9-11-23-52)44(72)58-31(15-8-10-22-51)42(70)56-30(6)41(69)63-39/h27-36,38-39H,7-26,51-52H2,1-6H3,(H,56,70)(H,57,71)(H,58,72)(H,59,73)(H,60,74)(H,61,75)(H,62,68)(H,63,69)(H,66,67)(H4,53,54,55)/t28-,29-,30-,31-,32-,33-,34-,35-,36+,38-,39-/m0/s1. The molecule has 0 spiro atoms. The maximum atomic E-state index is 14.5. The van der Waals surface area contributed by atoms with Crippen molar-refractivity contribution in [1.82, 2.24) is 52.3 Å². The van der Waals surface area contributed by atoms with Crippen molar-refractivity contribution in [3.05, 3.63) is 0 Å². The minimum atomic E-state index is -1.49. The summed E-state index contributed by atoms with van der Waals surface area (Å²) in [5.41, 5.74) is 22.6. The molecule has 3 saturated heterocycles. The van der Waals surface area contributed by atoms with E-state index in [-0.39, 0.29) is 77.2 Å². The molecule has 10 amide bonds. The summed E-state index contributed by atoms with van der Waals surface area (Å²) in [5, 5.41) is 30.8. The predicted octanol–water partition coefficient (Wildman–Crippen LogP) is -3.22. The van der Waals surface area contributed by atoms with Crippen molar-refractivity contribution in [2.75, 3.05) is 32.7 Å². The summed E-state index contributed by atoms with van der Waals surface area (Å²) in [7, 11) is 0. The second-order valence-corrected chi connectivity index (χ2v) is 20.6. The molecule has 3 rings (SSSR count). The van der Waals surface area contributed by atoms with E-state index in [4.69, 9.17) is 22.9 Å². The fourth-order valence-electron chi connectivity index (χ4n) is 9.40. The van der Waals surface area contributed by atoms with Gasteiger partial charge < -0.3 is 80.4 Å². The monoisotopic (exact) mass is 1090 g/mol. The molecule has 0 aromatic carbocycles. The van der Waals surface area contributed by atoms with E-state index in [1.807, 2.05) is 6.92 Å². The summed E-state index contributed by atoms with van der Waals surface area (Å²) in [6, 6.07) is -12.5. The van der Waals surface area contributed by atoms with E-state index in [0.717, 1.165) is 0 Å². The Bertz CT molecular complexity index is 2110. The molecule has 3 aliphatic heterocycles. The van der Waals surface area contributed by atoms with Crippen LogP contribution in [0.5, 0.6) is 0 Å². The van der Waals surface area contributed by atoms with Crippen LogP contribution in [0.3, 0.4) is 0 Å². The van der Waals surface area contributed by atoms with E-state index in [0.29, 0.717) is 44.9 Å². The summed E-state index contributed by atoms with van der Waals surface area (Å²) in [6.45, 7) is 10.5. The number of unbranched alkanes of at least 4 members (excludes halogenated alkanes) is 2. The molecular formula is C50H87N15O12. The van der Waals surface area contributed by atoms with Crippen LogP contribution in [0, 0.1) is 11.8 Å². The quantitative estimate of drug-likeness (QED) is 0.0365. The molecule has 27 heteroatoms. The average Bonchev–Trinajstić information content (AvgIpc) is 4.09.